The predicted octanol–water partition coefficient (Wildman–Crippen LogP) is 4.34. The number of carbonyl (C=O) groups is 1. The summed E-state index contributed by atoms with van der Waals surface area (Å²) in [5.41, 5.74) is 0.645. The largest absolute Gasteiger partial charge is 0.459 e. The molecule has 0 unspecified atom stereocenters. The second-order valence-corrected chi connectivity index (χ2v) is 5.11. The van der Waals surface area contributed by atoms with E-state index in [1.54, 1.807) is 32.0 Å². The van der Waals surface area contributed by atoms with Crippen molar-refractivity contribution in [1.29, 1.82) is 5.26 Å². The summed E-state index contributed by atoms with van der Waals surface area (Å²) in [5.74, 6) is 0.713. The minimum atomic E-state index is -0.628. The van der Waals surface area contributed by atoms with Crippen LogP contribution in [-0.2, 0) is 9.53 Å². The molecule has 0 N–H and O–H groups in total. The molecule has 0 saturated carbocycles. The maximum atomic E-state index is 11.8. The van der Waals surface area contributed by atoms with Gasteiger partial charge in [-0.1, -0.05) is 30.3 Å². The van der Waals surface area contributed by atoms with Crippen LogP contribution in [0.5, 0.6) is 11.5 Å². The molecule has 0 saturated heterocycles. The summed E-state index contributed by atoms with van der Waals surface area (Å²) in [6.07, 6.45) is 1.22. The van der Waals surface area contributed by atoms with Crippen LogP contribution in [0.1, 0.15) is 19.4 Å². The molecule has 2 rings (SSSR count). The van der Waals surface area contributed by atoms with E-state index in [0.29, 0.717) is 17.1 Å². The average molecular weight is 307 g/mol. The molecule has 0 amide bonds. The van der Waals surface area contributed by atoms with Crippen LogP contribution in [0.25, 0.3) is 6.08 Å². The summed E-state index contributed by atoms with van der Waals surface area (Å²) >= 11 is 0. The molecule has 4 nitrogen and oxygen atoms in total. The summed E-state index contributed by atoms with van der Waals surface area (Å²) in [4.78, 5) is 11.8. The predicted molar refractivity (Wildman–Crippen MR) is 87.8 cm³/mol. The Morgan fingerprint density at radius 1 is 1.09 bits per heavy atom. The SMILES string of the molecule is CC(C)OC(=O)/C(C#N)=C/c1cccc(Oc2ccccc2)c1. The molecule has 2 aromatic rings. The van der Waals surface area contributed by atoms with Gasteiger partial charge >= 0.3 is 5.97 Å². The first-order valence-electron chi connectivity index (χ1n) is 7.24. The first-order valence-corrected chi connectivity index (χ1v) is 7.24. The molecule has 116 valence electrons. The summed E-state index contributed by atoms with van der Waals surface area (Å²) < 4.78 is 10.8. The van der Waals surface area contributed by atoms with Gasteiger partial charge in [-0.2, -0.15) is 5.26 Å². The molecule has 0 aliphatic heterocycles. The number of rotatable bonds is 5. The average Bonchev–Trinajstić information content (AvgIpc) is 2.53. The summed E-state index contributed by atoms with van der Waals surface area (Å²) in [6.45, 7) is 3.47. The lowest BCUT2D eigenvalue weighted by molar-refractivity contribution is -0.142. The molecular formula is C19H17NO3. The molecule has 0 radical (unpaired) electrons. The number of hydrogen-bond acceptors (Lipinski definition) is 4. The molecule has 4 heteroatoms. The minimum Gasteiger partial charge on any atom is -0.459 e. The van der Waals surface area contributed by atoms with Gasteiger partial charge in [-0.15, -0.1) is 0 Å². The van der Waals surface area contributed by atoms with E-state index >= 15 is 0 Å². The monoisotopic (exact) mass is 307 g/mol. The third-order valence-electron chi connectivity index (χ3n) is 2.83. The number of para-hydroxylation sites is 1. The van der Waals surface area contributed by atoms with Crippen LogP contribution in [0.3, 0.4) is 0 Å². The van der Waals surface area contributed by atoms with E-state index in [4.69, 9.17) is 14.7 Å². The molecule has 0 heterocycles. The molecule has 0 aromatic heterocycles. The maximum absolute atomic E-state index is 11.8. The van der Waals surface area contributed by atoms with Crippen molar-refractivity contribution in [2.45, 2.75) is 20.0 Å². The molecule has 0 aliphatic carbocycles. The molecular weight excluding hydrogens is 290 g/mol. The van der Waals surface area contributed by atoms with Crippen LogP contribution in [0, 0.1) is 11.3 Å². The van der Waals surface area contributed by atoms with Gasteiger partial charge in [0.15, 0.2) is 0 Å². The van der Waals surface area contributed by atoms with E-state index in [-0.39, 0.29) is 11.7 Å². The molecule has 0 bridgehead atoms. The number of esters is 1. The van der Waals surface area contributed by atoms with Crippen LogP contribution in [-0.4, -0.2) is 12.1 Å². The number of benzene rings is 2. The van der Waals surface area contributed by atoms with Crippen LogP contribution in [0.15, 0.2) is 60.2 Å². The van der Waals surface area contributed by atoms with E-state index in [9.17, 15) is 4.79 Å². The summed E-state index contributed by atoms with van der Waals surface area (Å²) in [5, 5.41) is 9.12. The Labute approximate surface area is 135 Å². The van der Waals surface area contributed by atoms with E-state index < -0.39 is 5.97 Å². The highest BCUT2D eigenvalue weighted by atomic mass is 16.5. The van der Waals surface area contributed by atoms with Crippen LogP contribution in [0.2, 0.25) is 0 Å². The van der Waals surface area contributed by atoms with Crippen LogP contribution < -0.4 is 4.74 Å². The van der Waals surface area contributed by atoms with E-state index in [2.05, 4.69) is 0 Å². The Kier molecular flexibility index (Phi) is 5.54. The van der Waals surface area contributed by atoms with Gasteiger partial charge in [-0.25, -0.2) is 4.79 Å². The first kappa shape index (κ1) is 16.3. The molecule has 0 spiro atoms. The zero-order chi connectivity index (χ0) is 16.7. The van der Waals surface area contributed by atoms with Gasteiger partial charge in [0, 0.05) is 0 Å². The van der Waals surface area contributed by atoms with Crippen molar-refractivity contribution in [3.63, 3.8) is 0 Å². The van der Waals surface area contributed by atoms with Gasteiger partial charge in [0.25, 0.3) is 0 Å². The fourth-order valence-corrected chi connectivity index (χ4v) is 1.87. The fourth-order valence-electron chi connectivity index (χ4n) is 1.87. The summed E-state index contributed by atoms with van der Waals surface area (Å²) in [7, 11) is 0. The third kappa shape index (κ3) is 5.01. The maximum Gasteiger partial charge on any atom is 0.349 e. The van der Waals surface area contributed by atoms with Crippen LogP contribution >= 0.6 is 0 Å². The Morgan fingerprint density at radius 2 is 1.78 bits per heavy atom. The standard InChI is InChI=1S/C19H17NO3/c1-14(2)22-19(21)16(13-20)11-15-7-6-10-18(12-15)23-17-8-4-3-5-9-17/h3-12,14H,1-2H3/b16-11+. The Morgan fingerprint density at radius 3 is 2.43 bits per heavy atom. The molecule has 0 atom stereocenters. The van der Waals surface area contributed by atoms with Crippen LogP contribution in [0.4, 0.5) is 0 Å². The van der Waals surface area contributed by atoms with E-state index in [0.717, 1.165) is 0 Å². The zero-order valence-electron chi connectivity index (χ0n) is 13.0. The lowest BCUT2D eigenvalue weighted by atomic mass is 10.1. The normalized spacial score (nSPS) is 11.0. The lowest BCUT2D eigenvalue weighted by Crippen LogP contribution is -2.12. The Balaban J connectivity index is 2.20. The number of carbonyl (C=O) groups excluding carboxylic acids is 1. The topological polar surface area (TPSA) is 59.3 Å². The van der Waals surface area contributed by atoms with Crippen molar-refractivity contribution in [2.24, 2.45) is 0 Å². The van der Waals surface area contributed by atoms with Crippen molar-refractivity contribution in [3.8, 4) is 17.6 Å². The highest BCUT2D eigenvalue weighted by Crippen LogP contribution is 2.23. The van der Waals surface area contributed by atoms with Crippen molar-refractivity contribution in [2.75, 3.05) is 0 Å². The summed E-state index contributed by atoms with van der Waals surface area (Å²) in [6, 6.07) is 18.4. The van der Waals surface area contributed by atoms with Gasteiger partial charge in [0.1, 0.15) is 23.1 Å². The van der Waals surface area contributed by atoms with Gasteiger partial charge in [0.2, 0.25) is 0 Å². The van der Waals surface area contributed by atoms with Gasteiger partial charge in [-0.05, 0) is 49.8 Å². The Bertz CT molecular complexity index is 743. The fraction of sp³-hybridized carbons (Fsp3) is 0.158. The van der Waals surface area contributed by atoms with Gasteiger partial charge < -0.3 is 9.47 Å². The van der Waals surface area contributed by atoms with Crippen molar-refractivity contribution >= 4 is 12.0 Å². The molecule has 0 aliphatic rings. The number of nitrogens with zero attached hydrogens (tertiary/aromatic N) is 1. The number of ether oxygens (including phenoxy) is 2. The van der Waals surface area contributed by atoms with E-state index in [1.807, 2.05) is 42.5 Å². The molecule has 2 aromatic carbocycles. The lowest BCUT2D eigenvalue weighted by Gasteiger charge is -2.08. The van der Waals surface area contributed by atoms with Gasteiger partial charge in [0.05, 0.1) is 6.10 Å². The highest BCUT2D eigenvalue weighted by molar-refractivity contribution is 5.98. The van der Waals surface area contributed by atoms with Crippen molar-refractivity contribution in [3.05, 3.63) is 65.7 Å². The molecule has 23 heavy (non-hydrogen) atoms. The smallest absolute Gasteiger partial charge is 0.349 e. The quantitative estimate of drug-likeness (QED) is 0.468. The number of hydrogen-bond donors (Lipinski definition) is 0. The third-order valence-corrected chi connectivity index (χ3v) is 2.83. The van der Waals surface area contributed by atoms with E-state index in [1.165, 1.54) is 6.08 Å². The van der Waals surface area contributed by atoms with Crippen molar-refractivity contribution < 1.29 is 14.3 Å². The number of nitriles is 1. The highest BCUT2D eigenvalue weighted by Gasteiger charge is 2.12. The second-order valence-electron chi connectivity index (χ2n) is 5.11. The molecule has 0 fully saturated rings. The zero-order valence-corrected chi connectivity index (χ0v) is 13.0. The second kappa shape index (κ2) is 7.81. The minimum absolute atomic E-state index is 0.0458. The van der Waals surface area contributed by atoms with Crippen molar-refractivity contribution in [1.82, 2.24) is 0 Å². The first-order chi connectivity index (χ1) is 11.1. The van der Waals surface area contributed by atoms with Gasteiger partial charge in [-0.3, -0.25) is 0 Å². The Hall–Kier alpha value is -3.06.